The normalized spacial score (nSPS) is 12.4. The number of halogens is 2. The zero-order chi connectivity index (χ0) is 13.8. The van der Waals surface area contributed by atoms with Gasteiger partial charge in [0.15, 0.2) is 0 Å². The quantitative estimate of drug-likeness (QED) is 0.646. The average molecular weight is 340 g/mol. The Morgan fingerprint density at radius 2 is 1.89 bits per heavy atom. The van der Waals surface area contributed by atoms with Crippen LogP contribution in [0.2, 0.25) is 5.02 Å². The summed E-state index contributed by atoms with van der Waals surface area (Å²) in [6.07, 6.45) is 1.03. The van der Waals surface area contributed by atoms with Crippen molar-refractivity contribution in [2.45, 2.75) is 19.4 Å². The molecule has 0 aliphatic rings. The molecule has 0 heterocycles. The van der Waals surface area contributed by atoms with Crippen molar-refractivity contribution in [1.29, 1.82) is 0 Å². The minimum atomic E-state index is -0.115. The molecule has 1 unspecified atom stereocenters. The summed E-state index contributed by atoms with van der Waals surface area (Å²) in [5, 5.41) is 0.685. The third kappa shape index (κ3) is 3.18. The molecular formula is C15H16BrClN2. The van der Waals surface area contributed by atoms with E-state index in [1.165, 1.54) is 5.56 Å². The summed E-state index contributed by atoms with van der Waals surface area (Å²) in [5.41, 5.74) is 6.20. The Hall–Kier alpha value is -0.870. The summed E-state index contributed by atoms with van der Waals surface area (Å²) < 4.78 is 0.872. The van der Waals surface area contributed by atoms with Crippen LogP contribution in [0.4, 0.5) is 0 Å². The number of nitrogens with two attached hydrogens (primary N) is 1. The smallest absolute Gasteiger partial charge is 0.0724 e. The number of hydrazine groups is 1. The van der Waals surface area contributed by atoms with Gasteiger partial charge in [0.25, 0.3) is 0 Å². The van der Waals surface area contributed by atoms with Crippen molar-refractivity contribution in [3.05, 3.63) is 68.7 Å². The van der Waals surface area contributed by atoms with Gasteiger partial charge in [-0.1, -0.05) is 54.9 Å². The zero-order valence-electron chi connectivity index (χ0n) is 10.7. The summed E-state index contributed by atoms with van der Waals surface area (Å²) in [7, 11) is 0. The van der Waals surface area contributed by atoms with E-state index < -0.39 is 0 Å². The Kier molecular flexibility index (Phi) is 4.99. The minimum Gasteiger partial charge on any atom is -0.271 e. The zero-order valence-corrected chi connectivity index (χ0v) is 13.0. The lowest BCUT2D eigenvalue weighted by Gasteiger charge is -2.19. The number of benzene rings is 2. The molecule has 0 aliphatic heterocycles. The van der Waals surface area contributed by atoms with Crippen molar-refractivity contribution in [3.63, 3.8) is 0 Å². The fraction of sp³-hybridized carbons (Fsp3) is 0.200. The first-order valence-electron chi connectivity index (χ1n) is 6.16. The lowest BCUT2D eigenvalue weighted by molar-refractivity contribution is 0.636. The molecule has 2 rings (SSSR count). The van der Waals surface area contributed by atoms with E-state index in [-0.39, 0.29) is 6.04 Å². The molecule has 0 aliphatic carbocycles. The fourth-order valence-electron chi connectivity index (χ4n) is 2.05. The predicted molar refractivity (Wildman–Crippen MR) is 84.1 cm³/mol. The van der Waals surface area contributed by atoms with Crippen LogP contribution >= 0.6 is 27.5 Å². The van der Waals surface area contributed by atoms with Crippen LogP contribution in [0.25, 0.3) is 0 Å². The van der Waals surface area contributed by atoms with Crippen molar-refractivity contribution >= 4 is 27.5 Å². The van der Waals surface area contributed by atoms with Crippen LogP contribution in [0.5, 0.6) is 0 Å². The van der Waals surface area contributed by atoms with Crippen LogP contribution in [0, 0.1) is 0 Å². The monoisotopic (exact) mass is 338 g/mol. The molecule has 2 aromatic rings. The maximum atomic E-state index is 6.33. The van der Waals surface area contributed by atoms with Crippen molar-refractivity contribution < 1.29 is 0 Å². The van der Waals surface area contributed by atoms with Gasteiger partial charge in [0.2, 0.25) is 0 Å². The van der Waals surface area contributed by atoms with E-state index in [0.717, 1.165) is 22.0 Å². The number of hydrogen-bond donors (Lipinski definition) is 2. The summed E-state index contributed by atoms with van der Waals surface area (Å²) >= 11 is 9.77. The first kappa shape index (κ1) is 14.5. The molecule has 4 heteroatoms. The van der Waals surface area contributed by atoms with Gasteiger partial charge < -0.3 is 0 Å². The van der Waals surface area contributed by atoms with Crippen molar-refractivity contribution in [3.8, 4) is 0 Å². The van der Waals surface area contributed by atoms with Gasteiger partial charge in [0, 0.05) is 4.47 Å². The molecule has 0 aromatic heterocycles. The van der Waals surface area contributed by atoms with Crippen molar-refractivity contribution in [2.24, 2.45) is 5.84 Å². The standard InChI is InChI=1S/C15H16BrClN2/c1-2-10-6-8-11(9-7-10)15(19-18)12-4-3-5-13(16)14(12)17/h3-9,15,19H,2,18H2,1H3. The van der Waals surface area contributed by atoms with E-state index in [1.54, 1.807) is 0 Å². The molecule has 0 saturated heterocycles. The van der Waals surface area contributed by atoms with Gasteiger partial charge in [0.05, 0.1) is 11.1 Å². The maximum Gasteiger partial charge on any atom is 0.0724 e. The molecule has 0 amide bonds. The second-order valence-corrected chi connectivity index (χ2v) is 5.57. The van der Waals surface area contributed by atoms with Gasteiger partial charge in [-0.2, -0.15) is 0 Å². The summed E-state index contributed by atoms with van der Waals surface area (Å²) in [5.74, 6) is 5.70. The molecule has 2 aromatic carbocycles. The molecule has 0 spiro atoms. The molecule has 19 heavy (non-hydrogen) atoms. The Labute approximate surface area is 127 Å². The molecule has 0 fully saturated rings. The highest BCUT2D eigenvalue weighted by molar-refractivity contribution is 9.10. The number of hydrogen-bond acceptors (Lipinski definition) is 2. The molecular weight excluding hydrogens is 324 g/mol. The summed E-state index contributed by atoms with van der Waals surface area (Å²) in [4.78, 5) is 0. The highest BCUT2D eigenvalue weighted by Gasteiger charge is 2.16. The fourth-order valence-corrected chi connectivity index (χ4v) is 2.67. The molecule has 0 radical (unpaired) electrons. The molecule has 100 valence electrons. The minimum absolute atomic E-state index is 0.115. The number of nitrogens with one attached hydrogen (secondary N) is 1. The van der Waals surface area contributed by atoms with Crippen LogP contribution in [0.1, 0.15) is 29.7 Å². The summed E-state index contributed by atoms with van der Waals surface area (Å²) in [6, 6.07) is 14.1. The van der Waals surface area contributed by atoms with Gasteiger partial charge in [-0.05, 0) is 45.1 Å². The van der Waals surface area contributed by atoms with E-state index in [1.807, 2.05) is 18.2 Å². The van der Waals surface area contributed by atoms with Crippen molar-refractivity contribution in [2.75, 3.05) is 0 Å². The van der Waals surface area contributed by atoms with Gasteiger partial charge in [0.1, 0.15) is 0 Å². The Morgan fingerprint density at radius 1 is 1.21 bits per heavy atom. The topological polar surface area (TPSA) is 38.0 Å². The van der Waals surface area contributed by atoms with Crippen LogP contribution in [-0.2, 0) is 6.42 Å². The Balaban J connectivity index is 2.40. The lowest BCUT2D eigenvalue weighted by Crippen LogP contribution is -2.29. The predicted octanol–water partition coefficient (Wildman–Crippen LogP) is 4.22. The highest BCUT2D eigenvalue weighted by Crippen LogP contribution is 2.33. The first-order valence-corrected chi connectivity index (χ1v) is 7.33. The van der Waals surface area contributed by atoms with E-state index in [2.05, 4.69) is 52.5 Å². The van der Waals surface area contributed by atoms with Crippen LogP contribution in [0.15, 0.2) is 46.9 Å². The molecule has 2 nitrogen and oxygen atoms in total. The van der Waals surface area contributed by atoms with Gasteiger partial charge >= 0.3 is 0 Å². The number of rotatable bonds is 4. The van der Waals surface area contributed by atoms with E-state index in [4.69, 9.17) is 17.4 Å². The molecule has 0 saturated carbocycles. The Bertz CT molecular complexity index is 555. The van der Waals surface area contributed by atoms with E-state index >= 15 is 0 Å². The van der Waals surface area contributed by atoms with Crippen molar-refractivity contribution in [1.82, 2.24) is 5.43 Å². The third-order valence-electron chi connectivity index (χ3n) is 3.18. The molecule has 3 N–H and O–H groups in total. The average Bonchev–Trinajstić information content (AvgIpc) is 2.45. The highest BCUT2D eigenvalue weighted by atomic mass is 79.9. The van der Waals surface area contributed by atoms with Crippen LogP contribution < -0.4 is 11.3 Å². The Morgan fingerprint density at radius 3 is 2.47 bits per heavy atom. The second-order valence-electron chi connectivity index (χ2n) is 4.34. The number of aryl methyl sites for hydroxylation is 1. The second kappa shape index (κ2) is 6.53. The molecule has 1 atom stereocenters. The van der Waals surface area contributed by atoms with E-state index in [9.17, 15) is 0 Å². The van der Waals surface area contributed by atoms with Gasteiger partial charge in [-0.15, -0.1) is 0 Å². The maximum absolute atomic E-state index is 6.33. The summed E-state index contributed by atoms with van der Waals surface area (Å²) in [6.45, 7) is 2.14. The van der Waals surface area contributed by atoms with Gasteiger partial charge in [-0.3, -0.25) is 5.84 Å². The van der Waals surface area contributed by atoms with E-state index in [0.29, 0.717) is 5.02 Å². The van der Waals surface area contributed by atoms with Crippen LogP contribution in [-0.4, -0.2) is 0 Å². The first-order chi connectivity index (χ1) is 9.17. The largest absolute Gasteiger partial charge is 0.271 e. The van der Waals surface area contributed by atoms with Crippen LogP contribution in [0.3, 0.4) is 0 Å². The lowest BCUT2D eigenvalue weighted by atomic mass is 9.98. The third-order valence-corrected chi connectivity index (χ3v) is 4.49. The van der Waals surface area contributed by atoms with Gasteiger partial charge in [-0.25, -0.2) is 5.43 Å². The molecule has 0 bridgehead atoms. The SMILES string of the molecule is CCc1ccc(C(NN)c2cccc(Br)c2Cl)cc1.